The minimum Gasteiger partial charge on any atom is -0.391 e. The first kappa shape index (κ1) is 9.63. The lowest BCUT2D eigenvalue weighted by atomic mass is 10.1. The lowest BCUT2D eigenvalue weighted by Crippen LogP contribution is -2.30. The maximum atomic E-state index is 5.81. The highest BCUT2D eigenvalue weighted by Gasteiger charge is 2.38. The van der Waals surface area contributed by atoms with E-state index in [0.717, 1.165) is 43.9 Å². The second-order valence-electron chi connectivity index (χ2n) is 4.20. The SMILES string of the molecule is Nc1cc2c(s1)CCC1(CC2)OCCO1. The van der Waals surface area contributed by atoms with E-state index in [2.05, 4.69) is 6.07 Å². The van der Waals surface area contributed by atoms with Gasteiger partial charge < -0.3 is 15.2 Å². The van der Waals surface area contributed by atoms with Crippen LogP contribution in [0.3, 0.4) is 0 Å². The van der Waals surface area contributed by atoms with Gasteiger partial charge in [-0.05, 0) is 24.5 Å². The van der Waals surface area contributed by atoms with Crippen molar-refractivity contribution in [3.8, 4) is 0 Å². The Bertz CT molecular complexity index is 341. The molecule has 1 spiro atoms. The van der Waals surface area contributed by atoms with Crippen LogP contribution in [0.25, 0.3) is 0 Å². The van der Waals surface area contributed by atoms with Gasteiger partial charge in [0.1, 0.15) is 0 Å². The number of nitrogen functional groups attached to an aromatic ring is 1. The van der Waals surface area contributed by atoms with Crippen molar-refractivity contribution in [3.05, 3.63) is 16.5 Å². The van der Waals surface area contributed by atoms with Crippen molar-refractivity contribution < 1.29 is 9.47 Å². The fourth-order valence-corrected chi connectivity index (χ4v) is 3.43. The molecule has 15 heavy (non-hydrogen) atoms. The van der Waals surface area contributed by atoms with Crippen molar-refractivity contribution in [3.63, 3.8) is 0 Å². The predicted molar refractivity (Wildman–Crippen MR) is 60.0 cm³/mol. The maximum Gasteiger partial charge on any atom is 0.169 e. The molecule has 1 aliphatic heterocycles. The van der Waals surface area contributed by atoms with E-state index < -0.39 is 0 Å². The molecule has 0 unspecified atom stereocenters. The average Bonchev–Trinajstić information content (AvgIpc) is 2.76. The molecule has 0 atom stereocenters. The zero-order valence-electron chi connectivity index (χ0n) is 8.62. The first-order chi connectivity index (χ1) is 7.27. The van der Waals surface area contributed by atoms with E-state index >= 15 is 0 Å². The van der Waals surface area contributed by atoms with Crippen LogP contribution in [0, 0.1) is 0 Å². The average molecular weight is 225 g/mol. The molecule has 1 fully saturated rings. The van der Waals surface area contributed by atoms with Gasteiger partial charge in [-0.25, -0.2) is 0 Å². The molecule has 0 aromatic carbocycles. The van der Waals surface area contributed by atoms with Crippen molar-refractivity contribution in [2.75, 3.05) is 18.9 Å². The summed E-state index contributed by atoms with van der Waals surface area (Å²) in [5.74, 6) is -0.284. The summed E-state index contributed by atoms with van der Waals surface area (Å²) in [5, 5.41) is 0.934. The highest BCUT2D eigenvalue weighted by Crippen LogP contribution is 2.37. The number of nitrogens with two attached hydrogens (primary N) is 1. The van der Waals surface area contributed by atoms with Crippen molar-refractivity contribution in [1.82, 2.24) is 0 Å². The van der Waals surface area contributed by atoms with E-state index in [1.165, 1.54) is 10.4 Å². The molecule has 82 valence electrons. The molecule has 1 aromatic rings. The van der Waals surface area contributed by atoms with Gasteiger partial charge in [-0.15, -0.1) is 11.3 Å². The van der Waals surface area contributed by atoms with Gasteiger partial charge >= 0.3 is 0 Å². The molecule has 0 radical (unpaired) electrons. The van der Waals surface area contributed by atoms with Crippen molar-refractivity contribution in [2.45, 2.75) is 31.5 Å². The van der Waals surface area contributed by atoms with E-state index in [1.54, 1.807) is 11.3 Å². The largest absolute Gasteiger partial charge is 0.391 e. The van der Waals surface area contributed by atoms with Crippen molar-refractivity contribution in [1.29, 1.82) is 0 Å². The monoisotopic (exact) mass is 225 g/mol. The van der Waals surface area contributed by atoms with E-state index in [1.807, 2.05) is 0 Å². The Hall–Kier alpha value is -0.580. The van der Waals surface area contributed by atoms with Gasteiger partial charge in [-0.3, -0.25) is 0 Å². The number of rotatable bonds is 0. The Morgan fingerprint density at radius 2 is 1.93 bits per heavy atom. The molecule has 1 aromatic heterocycles. The summed E-state index contributed by atoms with van der Waals surface area (Å²) in [6.07, 6.45) is 4.01. The number of ether oxygens (including phenoxy) is 2. The molecular weight excluding hydrogens is 210 g/mol. The lowest BCUT2D eigenvalue weighted by molar-refractivity contribution is -0.164. The number of fused-ring (bicyclic) bond motifs is 1. The Balaban J connectivity index is 1.83. The molecule has 0 saturated carbocycles. The zero-order valence-corrected chi connectivity index (χ0v) is 9.44. The molecule has 3 rings (SSSR count). The molecule has 1 aliphatic carbocycles. The Labute approximate surface area is 93.2 Å². The molecule has 2 aliphatic rings. The smallest absolute Gasteiger partial charge is 0.169 e. The van der Waals surface area contributed by atoms with Gasteiger partial charge in [0.2, 0.25) is 0 Å². The van der Waals surface area contributed by atoms with Gasteiger partial charge in [0.15, 0.2) is 5.79 Å². The summed E-state index contributed by atoms with van der Waals surface area (Å²) in [6.45, 7) is 1.49. The zero-order chi connectivity index (χ0) is 10.3. The molecule has 1 saturated heterocycles. The number of aryl methyl sites for hydroxylation is 2. The van der Waals surface area contributed by atoms with E-state index in [-0.39, 0.29) is 5.79 Å². The fourth-order valence-electron chi connectivity index (χ4n) is 2.45. The molecule has 2 heterocycles. The minimum absolute atomic E-state index is 0.284. The standard InChI is InChI=1S/C11H15NO2S/c12-10-7-8-1-3-11(13-5-6-14-11)4-2-9(8)15-10/h7H,1-6,12H2. The number of hydrogen-bond donors (Lipinski definition) is 1. The Morgan fingerprint density at radius 1 is 1.20 bits per heavy atom. The van der Waals surface area contributed by atoms with Crippen LogP contribution in [0.2, 0.25) is 0 Å². The van der Waals surface area contributed by atoms with Crippen LogP contribution >= 0.6 is 11.3 Å². The van der Waals surface area contributed by atoms with Gasteiger partial charge in [-0.1, -0.05) is 0 Å². The topological polar surface area (TPSA) is 44.5 Å². The van der Waals surface area contributed by atoms with Gasteiger partial charge in [0, 0.05) is 17.7 Å². The van der Waals surface area contributed by atoms with Gasteiger partial charge in [-0.2, -0.15) is 0 Å². The van der Waals surface area contributed by atoms with Crippen LogP contribution in [-0.2, 0) is 22.3 Å². The van der Waals surface area contributed by atoms with E-state index in [0.29, 0.717) is 0 Å². The summed E-state index contributed by atoms with van der Waals surface area (Å²) >= 11 is 1.71. The third kappa shape index (κ3) is 1.67. The minimum atomic E-state index is -0.284. The molecule has 3 nitrogen and oxygen atoms in total. The fraction of sp³-hybridized carbons (Fsp3) is 0.636. The third-order valence-corrected chi connectivity index (χ3v) is 4.30. The number of hydrogen-bond acceptors (Lipinski definition) is 4. The summed E-state index contributed by atoms with van der Waals surface area (Å²) in [5.41, 5.74) is 7.21. The second kappa shape index (κ2) is 3.47. The highest BCUT2D eigenvalue weighted by molar-refractivity contribution is 7.16. The van der Waals surface area contributed by atoms with Gasteiger partial charge in [0.05, 0.1) is 18.2 Å². The van der Waals surface area contributed by atoms with Gasteiger partial charge in [0.25, 0.3) is 0 Å². The summed E-state index contributed by atoms with van der Waals surface area (Å²) < 4.78 is 11.5. The number of anilines is 1. The molecular formula is C11H15NO2S. The van der Waals surface area contributed by atoms with Crippen LogP contribution < -0.4 is 5.73 Å². The van der Waals surface area contributed by atoms with E-state index in [4.69, 9.17) is 15.2 Å². The van der Waals surface area contributed by atoms with Crippen LogP contribution in [0.4, 0.5) is 5.00 Å². The van der Waals surface area contributed by atoms with Crippen LogP contribution in [-0.4, -0.2) is 19.0 Å². The van der Waals surface area contributed by atoms with Crippen molar-refractivity contribution in [2.24, 2.45) is 0 Å². The molecule has 0 bridgehead atoms. The first-order valence-electron chi connectivity index (χ1n) is 5.42. The summed E-state index contributed by atoms with van der Waals surface area (Å²) in [4.78, 5) is 1.42. The quantitative estimate of drug-likeness (QED) is 0.734. The third-order valence-electron chi connectivity index (χ3n) is 3.24. The molecule has 0 amide bonds. The predicted octanol–water partition coefficient (Wildman–Crippen LogP) is 1.95. The number of thiophene rings is 1. The van der Waals surface area contributed by atoms with Crippen LogP contribution in [0.5, 0.6) is 0 Å². The molecule has 4 heteroatoms. The second-order valence-corrected chi connectivity index (χ2v) is 5.37. The highest BCUT2D eigenvalue weighted by atomic mass is 32.1. The van der Waals surface area contributed by atoms with E-state index in [9.17, 15) is 0 Å². The Morgan fingerprint density at radius 3 is 2.73 bits per heavy atom. The summed E-state index contributed by atoms with van der Waals surface area (Å²) in [7, 11) is 0. The van der Waals surface area contributed by atoms with Crippen molar-refractivity contribution >= 4 is 16.3 Å². The normalized spacial score (nSPS) is 24.0. The van der Waals surface area contributed by atoms with Crippen LogP contribution in [0.1, 0.15) is 23.3 Å². The Kier molecular flexibility index (Phi) is 2.23. The first-order valence-corrected chi connectivity index (χ1v) is 6.24. The lowest BCUT2D eigenvalue weighted by Gasteiger charge is -2.25. The van der Waals surface area contributed by atoms with Crippen LogP contribution in [0.15, 0.2) is 6.07 Å². The molecule has 2 N–H and O–H groups in total. The summed E-state index contributed by atoms with van der Waals surface area (Å²) in [6, 6.07) is 2.11. The maximum absolute atomic E-state index is 5.81.